The maximum atomic E-state index is 11.9. The Kier molecular flexibility index (Phi) is 4.92. The third-order valence-electron chi connectivity index (χ3n) is 4.87. The Morgan fingerprint density at radius 1 is 1.21 bits per heavy atom. The molecule has 2 heterocycles. The lowest BCUT2D eigenvalue weighted by Crippen LogP contribution is -2.56. The van der Waals surface area contributed by atoms with Crippen molar-refractivity contribution >= 4 is 5.97 Å². The van der Waals surface area contributed by atoms with Crippen LogP contribution in [0.25, 0.3) is 0 Å². The molecule has 2 aromatic rings. The van der Waals surface area contributed by atoms with E-state index in [1.807, 2.05) is 34.9 Å². The van der Waals surface area contributed by atoms with Crippen molar-refractivity contribution in [1.82, 2.24) is 19.7 Å². The highest BCUT2D eigenvalue weighted by Crippen LogP contribution is 2.36. The van der Waals surface area contributed by atoms with Crippen LogP contribution in [0.5, 0.6) is 0 Å². The van der Waals surface area contributed by atoms with E-state index in [0.717, 1.165) is 18.7 Å². The van der Waals surface area contributed by atoms with E-state index < -0.39 is 17.5 Å². The quantitative estimate of drug-likeness (QED) is 0.808. The second-order valence-electron chi connectivity index (χ2n) is 6.39. The van der Waals surface area contributed by atoms with Gasteiger partial charge in [-0.25, -0.2) is 0 Å². The summed E-state index contributed by atoms with van der Waals surface area (Å²) < 4.78 is 1.87. The fourth-order valence-corrected chi connectivity index (χ4v) is 3.32. The van der Waals surface area contributed by atoms with Crippen LogP contribution < -0.4 is 0 Å². The number of carboxylic acids is 1. The molecule has 3 rings (SSSR count). The van der Waals surface area contributed by atoms with Crippen LogP contribution in [0.4, 0.5) is 0 Å². The first-order valence-electron chi connectivity index (χ1n) is 8.10. The number of aliphatic hydroxyl groups excluding tert-OH is 1. The number of hydrogen-bond donors (Lipinski definition) is 2. The standard InChI is InChI=1S/C17H22N4O3/c22-15-11-20(8-9-21-12-18-19-13-21)7-6-17(15,16(23)24)10-14-4-2-1-3-5-14/h1-5,12-13,15,22H,6-11H2,(H,23,24)/t15-,17+/m0/s1. The molecule has 1 aromatic carbocycles. The largest absolute Gasteiger partial charge is 0.481 e. The molecule has 7 nitrogen and oxygen atoms in total. The zero-order valence-corrected chi connectivity index (χ0v) is 13.5. The van der Waals surface area contributed by atoms with Gasteiger partial charge in [-0.15, -0.1) is 10.2 Å². The number of β-amino-alcohol motifs (C(OH)–C–C–N with tert-alkyl or cyclic N) is 1. The summed E-state index contributed by atoms with van der Waals surface area (Å²) in [5, 5.41) is 27.9. The smallest absolute Gasteiger partial charge is 0.312 e. The number of likely N-dealkylation sites (tertiary alicyclic amines) is 1. The number of rotatable bonds is 6. The van der Waals surface area contributed by atoms with Crippen molar-refractivity contribution in [2.24, 2.45) is 5.41 Å². The number of benzene rings is 1. The van der Waals surface area contributed by atoms with Gasteiger partial charge < -0.3 is 14.8 Å². The molecular formula is C17H22N4O3. The van der Waals surface area contributed by atoms with Crippen LogP contribution in [-0.4, -0.2) is 61.6 Å². The lowest BCUT2D eigenvalue weighted by molar-refractivity contribution is -0.162. The molecule has 1 aromatic heterocycles. The Balaban J connectivity index is 1.65. The van der Waals surface area contributed by atoms with Crippen LogP contribution in [-0.2, 0) is 17.8 Å². The molecule has 1 fully saturated rings. The molecule has 0 spiro atoms. The first-order valence-corrected chi connectivity index (χ1v) is 8.10. The number of carbonyl (C=O) groups is 1. The van der Waals surface area contributed by atoms with E-state index in [2.05, 4.69) is 15.1 Å². The van der Waals surface area contributed by atoms with E-state index in [1.165, 1.54) is 0 Å². The second kappa shape index (κ2) is 7.11. The van der Waals surface area contributed by atoms with Gasteiger partial charge in [0.25, 0.3) is 0 Å². The van der Waals surface area contributed by atoms with E-state index in [1.54, 1.807) is 12.7 Å². The predicted molar refractivity (Wildman–Crippen MR) is 87.3 cm³/mol. The average molecular weight is 330 g/mol. The van der Waals surface area contributed by atoms with Gasteiger partial charge in [-0.3, -0.25) is 9.69 Å². The van der Waals surface area contributed by atoms with Crippen molar-refractivity contribution in [3.63, 3.8) is 0 Å². The van der Waals surface area contributed by atoms with E-state index in [0.29, 0.717) is 25.9 Å². The number of aliphatic hydroxyl groups is 1. The topological polar surface area (TPSA) is 91.5 Å². The highest BCUT2D eigenvalue weighted by atomic mass is 16.4. The van der Waals surface area contributed by atoms with E-state index in [-0.39, 0.29) is 0 Å². The van der Waals surface area contributed by atoms with Gasteiger partial charge in [-0.05, 0) is 24.9 Å². The monoisotopic (exact) mass is 330 g/mol. The van der Waals surface area contributed by atoms with Crippen molar-refractivity contribution in [2.75, 3.05) is 19.6 Å². The average Bonchev–Trinajstić information content (AvgIpc) is 3.09. The van der Waals surface area contributed by atoms with Crippen LogP contribution in [0, 0.1) is 5.41 Å². The molecule has 0 unspecified atom stereocenters. The SMILES string of the molecule is O=C(O)[C@@]1(Cc2ccccc2)CCN(CCn2cnnc2)C[C@@H]1O. The molecule has 128 valence electrons. The van der Waals surface area contributed by atoms with Crippen molar-refractivity contribution in [1.29, 1.82) is 0 Å². The number of nitrogens with zero attached hydrogens (tertiary/aromatic N) is 4. The van der Waals surface area contributed by atoms with Crippen LogP contribution in [0.15, 0.2) is 43.0 Å². The minimum Gasteiger partial charge on any atom is -0.481 e. The fraction of sp³-hybridized carbons (Fsp3) is 0.471. The molecule has 2 N–H and O–H groups in total. The molecule has 2 atom stereocenters. The van der Waals surface area contributed by atoms with Gasteiger partial charge in [0.15, 0.2) is 0 Å². The van der Waals surface area contributed by atoms with Gasteiger partial charge in [-0.1, -0.05) is 30.3 Å². The number of aromatic nitrogens is 3. The van der Waals surface area contributed by atoms with Crippen molar-refractivity contribution in [2.45, 2.75) is 25.5 Å². The Morgan fingerprint density at radius 3 is 2.54 bits per heavy atom. The zero-order valence-electron chi connectivity index (χ0n) is 13.5. The lowest BCUT2D eigenvalue weighted by Gasteiger charge is -2.43. The van der Waals surface area contributed by atoms with Gasteiger partial charge in [0.05, 0.1) is 6.10 Å². The zero-order chi connectivity index (χ0) is 17.0. The van der Waals surface area contributed by atoms with Crippen LogP contribution in [0.1, 0.15) is 12.0 Å². The molecule has 1 aliphatic heterocycles. The van der Waals surface area contributed by atoms with Crippen LogP contribution in [0.3, 0.4) is 0 Å². The Hall–Kier alpha value is -2.25. The maximum absolute atomic E-state index is 11.9. The Labute approximate surface area is 140 Å². The summed E-state index contributed by atoms with van der Waals surface area (Å²) >= 11 is 0. The normalized spacial score (nSPS) is 24.8. The van der Waals surface area contributed by atoms with Gasteiger partial charge >= 0.3 is 5.97 Å². The molecule has 0 saturated carbocycles. The van der Waals surface area contributed by atoms with E-state index in [4.69, 9.17) is 0 Å². The van der Waals surface area contributed by atoms with Crippen LogP contribution in [0.2, 0.25) is 0 Å². The summed E-state index contributed by atoms with van der Waals surface area (Å²) in [5.74, 6) is -0.919. The van der Waals surface area contributed by atoms with Gasteiger partial charge in [-0.2, -0.15) is 0 Å². The van der Waals surface area contributed by atoms with E-state index >= 15 is 0 Å². The summed E-state index contributed by atoms with van der Waals surface area (Å²) in [4.78, 5) is 14.0. The third-order valence-corrected chi connectivity index (χ3v) is 4.87. The Bertz CT molecular complexity index is 662. The highest BCUT2D eigenvalue weighted by molar-refractivity contribution is 5.76. The molecular weight excluding hydrogens is 308 g/mol. The minimum atomic E-state index is -1.12. The summed E-state index contributed by atoms with van der Waals surface area (Å²) in [6, 6.07) is 9.52. The minimum absolute atomic E-state index is 0.351. The fourth-order valence-electron chi connectivity index (χ4n) is 3.32. The van der Waals surface area contributed by atoms with Crippen LogP contribution >= 0.6 is 0 Å². The maximum Gasteiger partial charge on any atom is 0.312 e. The summed E-state index contributed by atoms with van der Waals surface area (Å²) in [6.45, 7) is 2.47. The first-order chi connectivity index (χ1) is 11.6. The molecule has 0 aliphatic carbocycles. The van der Waals surface area contributed by atoms with Gasteiger partial charge in [0.1, 0.15) is 18.1 Å². The molecule has 0 amide bonds. The number of hydrogen-bond acceptors (Lipinski definition) is 5. The number of carboxylic acid groups (broad SMARTS) is 1. The second-order valence-corrected chi connectivity index (χ2v) is 6.39. The number of piperidine rings is 1. The molecule has 0 bridgehead atoms. The van der Waals surface area contributed by atoms with Crippen molar-refractivity contribution in [3.8, 4) is 0 Å². The van der Waals surface area contributed by atoms with E-state index in [9.17, 15) is 15.0 Å². The molecule has 24 heavy (non-hydrogen) atoms. The molecule has 7 heteroatoms. The molecule has 0 radical (unpaired) electrons. The van der Waals surface area contributed by atoms with Crippen molar-refractivity contribution < 1.29 is 15.0 Å². The molecule has 1 saturated heterocycles. The summed E-state index contributed by atoms with van der Waals surface area (Å²) in [6.07, 6.45) is 3.18. The van der Waals surface area contributed by atoms with Gasteiger partial charge in [0, 0.05) is 19.6 Å². The van der Waals surface area contributed by atoms with Gasteiger partial charge in [0.2, 0.25) is 0 Å². The summed E-state index contributed by atoms with van der Waals surface area (Å²) in [5.41, 5.74) is -0.175. The predicted octanol–water partition coefficient (Wildman–Crippen LogP) is 0.658. The summed E-state index contributed by atoms with van der Waals surface area (Å²) in [7, 11) is 0. The number of aliphatic carboxylic acids is 1. The Morgan fingerprint density at radius 2 is 1.92 bits per heavy atom. The lowest BCUT2D eigenvalue weighted by atomic mass is 9.71. The molecule has 1 aliphatic rings. The van der Waals surface area contributed by atoms with Crippen molar-refractivity contribution in [3.05, 3.63) is 48.5 Å². The highest BCUT2D eigenvalue weighted by Gasteiger charge is 2.48. The third kappa shape index (κ3) is 3.47. The first kappa shape index (κ1) is 16.6.